The summed E-state index contributed by atoms with van der Waals surface area (Å²) in [6.07, 6.45) is 0. The van der Waals surface area contributed by atoms with E-state index in [1.54, 1.807) is 42.5 Å². The van der Waals surface area contributed by atoms with Gasteiger partial charge in [-0.1, -0.05) is 97.1 Å². The van der Waals surface area contributed by atoms with Crippen LogP contribution >= 0.6 is 0 Å². The fourth-order valence-electron chi connectivity index (χ4n) is 7.47. The summed E-state index contributed by atoms with van der Waals surface area (Å²) in [5, 5.41) is 92.1. The minimum Gasteiger partial charge on any atom is -0.504 e. The molecule has 248 valence electrons. The third-order valence-corrected chi connectivity index (χ3v) is 9.84. The van der Waals surface area contributed by atoms with E-state index in [2.05, 4.69) is 35.3 Å². The molecule has 51 heavy (non-hydrogen) atoms. The quantitative estimate of drug-likeness (QED) is 0.0506. The van der Waals surface area contributed by atoms with E-state index in [9.17, 15) is 40.9 Å². The fraction of sp³-hybridized carbons (Fsp3) is 0. The number of benzene rings is 8. The Labute approximate surface area is 288 Å². The average Bonchev–Trinajstić information content (AvgIpc) is 3.53. The first-order valence-electron chi connectivity index (χ1n) is 16.0. The molecule has 8 aromatic carbocycles. The van der Waals surface area contributed by atoms with E-state index < -0.39 is 46.0 Å². The van der Waals surface area contributed by atoms with E-state index in [1.165, 1.54) is 0 Å². The Hall–Kier alpha value is -7.26. The second kappa shape index (κ2) is 10.6. The Bertz CT molecular complexity index is 2850. The van der Waals surface area contributed by atoms with Gasteiger partial charge in [0.25, 0.3) is 0 Å². The lowest BCUT2D eigenvalue weighted by Gasteiger charge is -2.22. The summed E-state index contributed by atoms with van der Waals surface area (Å²) in [4.78, 5) is 3.58. The van der Waals surface area contributed by atoms with Crippen molar-refractivity contribution in [3.8, 4) is 79.4 Å². The number of para-hydroxylation sites is 1. The van der Waals surface area contributed by atoms with Crippen LogP contribution in [0.1, 0.15) is 0 Å². The van der Waals surface area contributed by atoms with Crippen molar-refractivity contribution in [1.29, 1.82) is 0 Å². The molecule has 0 aliphatic heterocycles. The van der Waals surface area contributed by atoms with Crippen LogP contribution in [0, 0.1) is 0 Å². The highest BCUT2D eigenvalue weighted by Crippen LogP contribution is 2.61. The van der Waals surface area contributed by atoms with E-state index in [4.69, 9.17) is 0 Å². The van der Waals surface area contributed by atoms with Crippen LogP contribution in [0.3, 0.4) is 0 Å². The maximum Gasteiger partial charge on any atom is 0.204 e. The molecule has 0 radical (unpaired) electrons. The summed E-state index contributed by atoms with van der Waals surface area (Å²) in [5.74, 6) is -7.32. The fourth-order valence-corrected chi connectivity index (χ4v) is 7.47. The predicted molar refractivity (Wildman–Crippen MR) is 198 cm³/mol. The molecule has 0 bridgehead atoms. The Morgan fingerprint density at radius 2 is 0.804 bits per heavy atom. The standard InChI is InChI=1S/C42H27NO8/c44-35-30-28(20-7-2-1-3-8-20)31-33(38(47)42(51)40(49)36(31)45)29(32(30)37(46)41(50)39(35)48)21-15-13-19(14-16-21)24-11-6-12-25-26-17-22-9-4-5-10-23(22)18-27(26)43-34(24)25/h1-18,43-51H. The van der Waals surface area contributed by atoms with Crippen LogP contribution in [0.4, 0.5) is 0 Å². The molecule has 9 heteroatoms. The lowest BCUT2D eigenvalue weighted by molar-refractivity contribution is 0.350. The van der Waals surface area contributed by atoms with Gasteiger partial charge in [-0.2, -0.15) is 0 Å². The number of aromatic amines is 1. The Balaban J connectivity index is 1.35. The summed E-state index contributed by atoms with van der Waals surface area (Å²) in [5.41, 5.74) is 4.31. The number of rotatable bonds is 3. The maximum atomic E-state index is 11.4. The van der Waals surface area contributed by atoms with E-state index in [0.29, 0.717) is 11.1 Å². The van der Waals surface area contributed by atoms with Gasteiger partial charge in [-0.05, 0) is 39.6 Å². The summed E-state index contributed by atoms with van der Waals surface area (Å²) < 4.78 is 0. The Morgan fingerprint density at radius 1 is 0.353 bits per heavy atom. The largest absolute Gasteiger partial charge is 0.504 e. The monoisotopic (exact) mass is 673 g/mol. The van der Waals surface area contributed by atoms with Crippen molar-refractivity contribution in [2.75, 3.05) is 0 Å². The molecule has 0 fully saturated rings. The van der Waals surface area contributed by atoms with Crippen LogP contribution in [0.25, 0.3) is 87.5 Å². The molecule has 1 aromatic heterocycles. The molecule has 0 saturated heterocycles. The van der Waals surface area contributed by atoms with Gasteiger partial charge in [0.15, 0.2) is 23.0 Å². The van der Waals surface area contributed by atoms with E-state index in [-0.39, 0.29) is 32.7 Å². The van der Waals surface area contributed by atoms with Gasteiger partial charge in [-0.3, -0.25) is 0 Å². The summed E-state index contributed by atoms with van der Waals surface area (Å²) >= 11 is 0. The zero-order valence-electron chi connectivity index (χ0n) is 26.5. The number of hydrogen-bond acceptors (Lipinski definition) is 8. The van der Waals surface area contributed by atoms with Crippen molar-refractivity contribution >= 4 is 54.1 Å². The van der Waals surface area contributed by atoms with Crippen LogP contribution in [-0.4, -0.2) is 45.8 Å². The molecular weight excluding hydrogens is 646 g/mol. The summed E-state index contributed by atoms with van der Waals surface area (Å²) in [6.45, 7) is 0. The van der Waals surface area contributed by atoms with Crippen molar-refractivity contribution in [3.63, 3.8) is 0 Å². The normalized spacial score (nSPS) is 11.8. The molecule has 9 aromatic rings. The van der Waals surface area contributed by atoms with Crippen LogP contribution in [0.5, 0.6) is 46.0 Å². The number of fused-ring (bicyclic) bond motifs is 6. The second-order valence-corrected chi connectivity index (χ2v) is 12.6. The molecule has 1 heterocycles. The highest BCUT2D eigenvalue weighted by Gasteiger charge is 2.32. The molecule has 0 spiro atoms. The third-order valence-electron chi connectivity index (χ3n) is 9.84. The lowest BCUT2D eigenvalue weighted by Crippen LogP contribution is -1.94. The Morgan fingerprint density at radius 3 is 1.33 bits per heavy atom. The Kier molecular flexibility index (Phi) is 6.21. The first-order chi connectivity index (χ1) is 24.7. The first-order valence-corrected chi connectivity index (χ1v) is 16.0. The number of aromatic nitrogens is 1. The number of nitrogens with one attached hydrogen (secondary N) is 1. The SMILES string of the molecule is Oc1c(O)c(O)c2c(-c3ccc(-c4cccc5c4[nH]c4cc6ccccc6cc45)cc3)c3c(O)c(O)c(O)c(O)c3c(-c3ccccc3)c2c1O. The molecule has 0 saturated carbocycles. The van der Waals surface area contributed by atoms with Crippen molar-refractivity contribution in [2.45, 2.75) is 0 Å². The third kappa shape index (κ3) is 4.09. The predicted octanol–water partition coefficient (Wildman–Crippen LogP) is 9.43. The number of aromatic hydroxyl groups is 8. The van der Waals surface area contributed by atoms with Crippen LogP contribution in [0.15, 0.2) is 109 Å². The minimum atomic E-state index is -1.01. The number of phenols is 8. The van der Waals surface area contributed by atoms with Crippen LogP contribution in [0.2, 0.25) is 0 Å². The van der Waals surface area contributed by atoms with Crippen molar-refractivity contribution < 1.29 is 40.9 Å². The first kappa shape index (κ1) is 29.8. The van der Waals surface area contributed by atoms with Crippen molar-refractivity contribution in [3.05, 3.63) is 109 Å². The van der Waals surface area contributed by atoms with Gasteiger partial charge in [-0.15, -0.1) is 0 Å². The smallest absolute Gasteiger partial charge is 0.204 e. The van der Waals surface area contributed by atoms with Gasteiger partial charge in [0, 0.05) is 54.5 Å². The molecule has 9 nitrogen and oxygen atoms in total. The topological polar surface area (TPSA) is 178 Å². The van der Waals surface area contributed by atoms with Gasteiger partial charge in [-0.25, -0.2) is 0 Å². The summed E-state index contributed by atoms with van der Waals surface area (Å²) in [7, 11) is 0. The second-order valence-electron chi connectivity index (χ2n) is 12.6. The van der Waals surface area contributed by atoms with Gasteiger partial charge >= 0.3 is 0 Å². The highest BCUT2D eigenvalue weighted by atomic mass is 16.4. The molecule has 0 unspecified atom stereocenters. The molecule has 0 amide bonds. The van der Waals surface area contributed by atoms with E-state index >= 15 is 0 Å². The van der Waals surface area contributed by atoms with Gasteiger partial charge in [0.2, 0.25) is 23.0 Å². The van der Waals surface area contributed by atoms with Crippen molar-refractivity contribution in [1.82, 2.24) is 4.98 Å². The van der Waals surface area contributed by atoms with Crippen LogP contribution < -0.4 is 0 Å². The maximum absolute atomic E-state index is 11.4. The zero-order chi connectivity index (χ0) is 35.3. The summed E-state index contributed by atoms with van der Waals surface area (Å²) in [6, 6.07) is 33.8. The van der Waals surface area contributed by atoms with Gasteiger partial charge < -0.3 is 45.8 Å². The number of hydrogen-bond donors (Lipinski definition) is 9. The average molecular weight is 674 g/mol. The van der Waals surface area contributed by atoms with E-state index in [1.807, 2.05) is 36.4 Å². The molecule has 9 N–H and O–H groups in total. The molecule has 0 aliphatic rings. The molecular formula is C42H27NO8. The highest BCUT2D eigenvalue weighted by molar-refractivity contribution is 6.29. The molecule has 0 aliphatic carbocycles. The number of H-pyrrole nitrogens is 1. The molecule has 9 rings (SSSR count). The van der Waals surface area contributed by atoms with Gasteiger partial charge in [0.1, 0.15) is 0 Å². The zero-order valence-corrected chi connectivity index (χ0v) is 26.5. The van der Waals surface area contributed by atoms with Crippen molar-refractivity contribution in [2.24, 2.45) is 0 Å². The van der Waals surface area contributed by atoms with Crippen LogP contribution in [-0.2, 0) is 0 Å². The molecule has 0 atom stereocenters. The number of phenolic OH excluding ortho intramolecular Hbond substituents is 8. The minimum absolute atomic E-state index is 0.00493. The van der Waals surface area contributed by atoms with E-state index in [0.717, 1.165) is 43.7 Å². The lowest BCUT2D eigenvalue weighted by atomic mass is 9.83. The van der Waals surface area contributed by atoms with Gasteiger partial charge in [0.05, 0.1) is 5.52 Å².